The molecule has 0 amide bonds. The van der Waals surface area contributed by atoms with Gasteiger partial charge < -0.3 is 33.2 Å². The summed E-state index contributed by atoms with van der Waals surface area (Å²) >= 11 is 0. The maximum atomic E-state index is 6.63. The molecule has 4 heterocycles. The Morgan fingerprint density at radius 2 is 1.11 bits per heavy atom. The summed E-state index contributed by atoms with van der Waals surface area (Å²) in [7, 11) is 12.5. The van der Waals surface area contributed by atoms with Gasteiger partial charge >= 0.3 is 0 Å². The Hall–Kier alpha value is -2.88. The first-order valence-electron chi connectivity index (χ1n) is 13.1. The maximum Gasteiger partial charge on any atom is 0.167 e. The minimum Gasteiger partial charge on any atom is -0.496 e. The lowest BCUT2D eigenvalue weighted by Crippen LogP contribution is -2.66. The van der Waals surface area contributed by atoms with Crippen molar-refractivity contribution in [3.05, 3.63) is 33.4 Å². The quantitative estimate of drug-likeness (QED) is 0.562. The molecule has 38 heavy (non-hydrogen) atoms. The van der Waals surface area contributed by atoms with Crippen molar-refractivity contribution in [1.29, 1.82) is 0 Å². The molecule has 9 heteroatoms. The highest BCUT2D eigenvalue weighted by atomic mass is 16.5. The summed E-state index contributed by atoms with van der Waals surface area (Å²) < 4.78 is 42.5. The molecule has 2 fully saturated rings. The fraction of sp³-hybridized carbons (Fsp3) is 0.586. The zero-order chi connectivity index (χ0) is 27.0. The fourth-order valence-corrected chi connectivity index (χ4v) is 7.90. The van der Waals surface area contributed by atoms with Crippen LogP contribution < -0.4 is 28.4 Å². The van der Waals surface area contributed by atoms with Crippen molar-refractivity contribution in [3.8, 4) is 34.5 Å². The highest BCUT2D eigenvalue weighted by Crippen LogP contribution is 2.60. The van der Waals surface area contributed by atoms with Gasteiger partial charge in [0.25, 0.3) is 0 Å². The first-order chi connectivity index (χ1) is 18.4. The Bertz CT molecular complexity index is 1300. The van der Waals surface area contributed by atoms with Gasteiger partial charge in [-0.15, -0.1) is 0 Å². The van der Waals surface area contributed by atoms with Gasteiger partial charge in [-0.25, -0.2) is 0 Å². The summed E-state index contributed by atoms with van der Waals surface area (Å²) in [5, 5.41) is 0. The van der Waals surface area contributed by atoms with E-state index in [0.29, 0.717) is 6.61 Å². The van der Waals surface area contributed by atoms with Crippen LogP contribution in [-0.2, 0) is 17.6 Å². The van der Waals surface area contributed by atoms with Crippen molar-refractivity contribution in [2.24, 2.45) is 0 Å². The van der Waals surface area contributed by atoms with E-state index in [0.717, 1.165) is 75.2 Å². The third-order valence-electron chi connectivity index (χ3n) is 9.26. The van der Waals surface area contributed by atoms with Crippen LogP contribution in [0.1, 0.15) is 45.5 Å². The van der Waals surface area contributed by atoms with Gasteiger partial charge in [-0.05, 0) is 33.7 Å². The Kier molecular flexibility index (Phi) is 6.09. The lowest BCUT2D eigenvalue weighted by Gasteiger charge is -2.58. The second kappa shape index (κ2) is 9.10. The van der Waals surface area contributed by atoms with Gasteiger partial charge in [-0.2, -0.15) is 0 Å². The highest BCUT2D eigenvalue weighted by Gasteiger charge is 2.59. The van der Waals surface area contributed by atoms with Gasteiger partial charge in [0.15, 0.2) is 23.0 Å². The predicted molar refractivity (Wildman–Crippen MR) is 141 cm³/mol. The Labute approximate surface area is 224 Å². The standard InChI is InChI=1S/C29H38N2O7/c1-13-23(32-4)15-10-17-22-21-16(24(33-5)14(2)26(35-7)28(21)37-9)11-18(30(22)3)29-31(17)19(12-38-29)20(15)27(36-8)25(13)34-6/h17-19,22,29H,10-12H2,1-9H3/t17?,18-,19-,22-,29?/m0/s1. The molecule has 0 aromatic heterocycles. The van der Waals surface area contributed by atoms with Crippen LogP contribution in [0, 0.1) is 13.8 Å². The molecule has 2 saturated heterocycles. The summed E-state index contributed by atoms with van der Waals surface area (Å²) in [6, 6.07) is 0.320. The number of rotatable bonds is 6. The molecule has 9 nitrogen and oxygen atoms in total. The molecule has 2 aromatic rings. The number of fused-ring (bicyclic) bond motifs is 8. The molecule has 0 spiro atoms. The molecule has 2 bridgehead atoms. The van der Waals surface area contributed by atoms with E-state index in [1.807, 2.05) is 13.8 Å². The van der Waals surface area contributed by atoms with Crippen LogP contribution in [0.3, 0.4) is 0 Å². The lowest BCUT2D eigenvalue weighted by molar-refractivity contribution is -0.131. The third kappa shape index (κ3) is 3.03. The van der Waals surface area contributed by atoms with Gasteiger partial charge in [-0.3, -0.25) is 9.80 Å². The van der Waals surface area contributed by atoms with Gasteiger partial charge in [0.05, 0.1) is 67.4 Å². The van der Waals surface area contributed by atoms with Crippen molar-refractivity contribution in [2.45, 2.75) is 57.1 Å². The van der Waals surface area contributed by atoms with Gasteiger partial charge in [-0.1, -0.05) is 0 Å². The van der Waals surface area contributed by atoms with Crippen LogP contribution in [0.25, 0.3) is 0 Å². The van der Waals surface area contributed by atoms with Crippen LogP contribution in [-0.4, -0.2) is 84.4 Å². The number of methoxy groups -OCH3 is 6. The Morgan fingerprint density at radius 1 is 0.632 bits per heavy atom. The normalized spacial score (nSPS) is 27.2. The minimum absolute atomic E-state index is 0.0209. The molecular formula is C29H38N2O7. The van der Waals surface area contributed by atoms with E-state index in [1.54, 1.807) is 42.7 Å². The number of likely N-dealkylation sites (N-methyl/N-ethyl adjacent to an activating group) is 1. The number of hydrogen-bond acceptors (Lipinski definition) is 9. The first kappa shape index (κ1) is 25.4. The average molecular weight is 527 g/mol. The summed E-state index contributed by atoms with van der Waals surface area (Å²) in [5.74, 6) is 4.73. The number of ether oxygens (including phenoxy) is 7. The summed E-state index contributed by atoms with van der Waals surface area (Å²) in [6.45, 7) is 4.64. The van der Waals surface area contributed by atoms with Crippen LogP contribution in [0.4, 0.5) is 0 Å². The molecule has 4 aliphatic heterocycles. The van der Waals surface area contributed by atoms with Crippen molar-refractivity contribution in [1.82, 2.24) is 9.80 Å². The molecular weight excluding hydrogens is 488 g/mol. The van der Waals surface area contributed by atoms with Crippen molar-refractivity contribution >= 4 is 0 Å². The zero-order valence-corrected chi connectivity index (χ0v) is 23.8. The van der Waals surface area contributed by atoms with E-state index in [2.05, 4.69) is 16.8 Å². The highest BCUT2D eigenvalue weighted by molar-refractivity contribution is 5.67. The van der Waals surface area contributed by atoms with Crippen LogP contribution >= 0.6 is 0 Å². The van der Waals surface area contributed by atoms with Gasteiger partial charge in [0, 0.05) is 39.4 Å². The SMILES string of the molecule is COc1c(C)c(OC)c(OC)c2c1C[C@H]1C3OC[C@H]4c5c(c(OC)c(C)c(OC)c5OC)CC([C@@H]2N1C)N34. The monoisotopic (exact) mass is 526 g/mol. The van der Waals surface area contributed by atoms with Crippen LogP contribution in [0.15, 0.2) is 0 Å². The van der Waals surface area contributed by atoms with Crippen LogP contribution in [0.2, 0.25) is 0 Å². The molecule has 0 radical (unpaired) electrons. The average Bonchev–Trinajstić information content (AvgIpc) is 3.35. The molecule has 6 rings (SSSR count). The van der Waals surface area contributed by atoms with E-state index in [1.165, 1.54) is 5.56 Å². The molecule has 0 aliphatic carbocycles. The fourth-order valence-electron chi connectivity index (χ4n) is 7.90. The van der Waals surface area contributed by atoms with Gasteiger partial charge in [0.1, 0.15) is 17.7 Å². The molecule has 5 atom stereocenters. The second-order valence-electron chi connectivity index (χ2n) is 10.6. The van der Waals surface area contributed by atoms with Crippen molar-refractivity contribution in [3.63, 3.8) is 0 Å². The number of nitrogens with zero attached hydrogens (tertiary/aromatic N) is 2. The van der Waals surface area contributed by atoms with E-state index in [9.17, 15) is 0 Å². The Balaban J connectivity index is 1.62. The zero-order valence-electron chi connectivity index (χ0n) is 23.8. The van der Waals surface area contributed by atoms with Crippen molar-refractivity contribution in [2.75, 3.05) is 56.3 Å². The topological polar surface area (TPSA) is 71.1 Å². The first-order valence-corrected chi connectivity index (χ1v) is 13.1. The van der Waals surface area contributed by atoms with Gasteiger partial charge in [0.2, 0.25) is 0 Å². The summed E-state index contributed by atoms with van der Waals surface area (Å²) in [6.07, 6.45) is 1.49. The number of piperazine rings is 1. The minimum atomic E-state index is -0.0614. The summed E-state index contributed by atoms with van der Waals surface area (Å²) in [5.41, 5.74) is 6.49. The smallest absolute Gasteiger partial charge is 0.167 e. The lowest BCUT2D eigenvalue weighted by atomic mass is 9.73. The molecule has 0 N–H and O–H groups in total. The van der Waals surface area contributed by atoms with Crippen molar-refractivity contribution < 1.29 is 33.2 Å². The van der Waals surface area contributed by atoms with Crippen LogP contribution in [0.5, 0.6) is 34.5 Å². The predicted octanol–water partition coefficient (Wildman–Crippen LogP) is 3.59. The molecule has 206 valence electrons. The largest absolute Gasteiger partial charge is 0.496 e. The molecule has 0 saturated carbocycles. The van der Waals surface area contributed by atoms with E-state index >= 15 is 0 Å². The maximum absolute atomic E-state index is 6.63. The summed E-state index contributed by atoms with van der Waals surface area (Å²) in [4.78, 5) is 5.04. The molecule has 2 unspecified atom stereocenters. The number of hydrogen-bond donors (Lipinski definition) is 0. The van der Waals surface area contributed by atoms with E-state index in [-0.39, 0.29) is 30.4 Å². The molecule has 2 aromatic carbocycles. The third-order valence-corrected chi connectivity index (χ3v) is 9.26. The molecule has 4 aliphatic rings. The van der Waals surface area contributed by atoms with E-state index < -0.39 is 0 Å². The van der Waals surface area contributed by atoms with E-state index in [4.69, 9.17) is 33.2 Å². The second-order valence-corrected chi connectivity index (χ2v) is 10.6. The number of benzene rings is 2. The Morgan fingerprint density at radius 3 is 1.63 bits per heavy atom.